The van der Waals surface area contributed by atoms with Crippen LogP contribution in [0.25, 0.3) is 0 Å². The zero-order valence-electron chi connectivity index (χ0n) is 7.25. The molecular weight excluding hydrogens is 180 g/mol. The van der Waals surface area contributed by atoms with E-state index >= 15 is 0 Å². The highest BCUT2D eigenvalue weighted by Crippen LogP contribution is 2.19. The largest absolute Gasteiger partial charge is 0.340 e. The predicted octanol–water partition coefficient (Wildman–Crippen LogP) is 2.90. The number of rotatable bonds is 1. The summed E-state index contributed by atoms with van der Waals surface area (Å²) in [5.74, 6) is -2.31. The van der Waals surface area contributed by atoms with Crippen LogP contribution in [0.15, 0.2) is 18.2 Å². The quantitative estimate of drug-likeness (QED) is 0.503. The van der Waals surface area contributed by atoms with Gasteiger partial charge in [0.25, 0.3) is 0 Å². The van der Waals surface area contributed by atoms with E-state index in [1.54, 1.807) is 0 Å². The van der Waals surface area contributed by atoms with Crippen molar-refractivity contribution in [2.75, 3.05) is 0 Å². The molecule has 0 bridgehead atoms. The van der Waals surface area contributed by atoms with E-state index in [9.17, 15) is 18.9 Å². The molecule has 0 amide bonds. The molecule has 0 saturated heterocycles. The van der Waals surface area contributed by atoms with Crippen LogP contribution in [0.3, 0.4) is 0 Å². The van der Waals surface area contributed by atoms with Gasteiger partial charge in [-0.15, -0.1) is 0 Å². The summed E-state index contributed by atoms with van der Waals surface area (Å²) in [4.78, 5) is 8.88. The number of hydrogen-bond donors (Lipinski definition) is 0. The van der Waals surface area contributed by atoms with Crippen LogP contribution in [-0.4, -0.2) is 4.92 Å². The van der Waals surface area contributed by atoms with Gasteiger partial charge in [-0.05, 0) is 12.1 Å². The third-order valence-corrected chi connectivity index (χ3v) is 1.12. The number of halogens is 2. The second-order valence-corrected chi connectivity index (χ2v) is 1.83. The fraction of sp³-hybridized carbons (Fsp3) is 0.250. The van der Waals surface area contributed by atoms with Gasteiger partial charge in [0.2, 0.25) is 11.6 Å². The van der Waals surface area contributed by atoms with Crippen LogP contribution in [0.5, 0.6) is 0 Å². The molecule has 3 nitrogen and oxygen atoms in total. The van der Waals surface area contributed by atoms with E-state index in [0.717, 1.165) is 18.2 Å². The Balaban J connectivity index is 0.000000671. The fourth-order valence-electron chi connectivity index (χ4n) is 0.663. The normalized spacial score (nSPS) is 8.62. The van der Waals surface area contributed by atoms with Crippen molar-refractivity contribution in [3.63, 3.8) is 0 Å². The first kappa shape index (κ1) is 11.5. The summed E-state index contributed by atoms with van der Waals surface area (Å²) < 4.78 is 24.8. The van der Waals surface area contributed by atoms with Gasteiger partial charge in [-0.3, -0.25) is 10.1 Å². The molecule has 1 aromatic carbocycles. The summed E-state index contributed by atoms with van der Waals surface area (Å²) in [6.07, 6.45) is 0. The van der Waals surface area contributed by atoms with Gasteiger partial charge in [0.1, 0.15) is 0 Å². The van der Waals surface area contributed by atoms with E-state index in [4.69, 9.17) is 0 Å². The summed E-state index contributed by atoms with van der Waals surface area (Å²) >= 11 is 0. The van der Waals surface area contributed by atoms with Crippen LogP contribution in [0.1, 0.15) is 13.8 Å². The Kier molecular flexibility index (Phi) is 4.58. The highest BCUT2D eigenvalue weighted by atomic mass is 19.1. The maximum absolute atomic E-state index is 12.4. The minimum Gasteiger partial charge on any atom is -0.258 e. The van der Waals surface area contributed by atoms with Gasteiger partial charge in [-0.1, -0.05) is 19.9 Å². The van der Waals surface area contributed by atoms with Gasteiger partial charge < -0.3 is 0 Å². The Morgan fingerprint density at radius 2 is 1.62 bits per heavy atom. The molecule has 0 aromatic heterocycles. The summed E-state index contributed by atoms with van der Waals surface area (Å²) in [5, 5.41) is 9.97. The lowest BCUT2D eigenvalue weighted by atomic mass is 10.3. The molecule has 0 N–H and O–H groups in total. The zero-order chi connectivity index (χ0) is 10.4. The molecule has 0 fully saturated rings. The lowest BCUT2D eigenvalue weighted by molar-refractivity contribution is -0.390. The van der Waals surface area contributed by atoms with Crippen molar-refractivity contribution in [1.29, 1.82) is 0 Å². The van der Waals surface area contributed by atoms with Gasteiger partial charge in [0.15, 0.2) is 0 Å². The van der Waals surface area contributed by atoms with Crippen molar-refractivity contribution in [2.45, 2.75) is 13.8 Å². The number of nitro groups is 1. The molecule has 0 aliphatic carbocycles. The van der Waals surface area contributed by atoms with Crippen LogP contribution in [0, 0.1) is 21.7 Å². The Labute approximate surface area is 74.2 Å². The maximum Gasteiger partial charge on any atom is 0.340 e. The van der Waals surface area contributed by atoms with Crippen molar-refractivity contribution in [3.8, 4) is 0 Å². The summed E-state index contributed by atoms with van der Waals surface area (Å²) in [6.45, 7) is 4.00. The highest BCUT2D eigenvalue weighted by Gasteiger charge is 2.18. The third-order valence-electron chi connectivity index (χ3n) is 1.12. The van der Waals surface area contributed by atoms with Crippen molar-refractivity contribution in [2.24, 2.45) is 0 Å². The topological polar surface area (TPSA) is 43.1 Å². The summed E-state index contributed by atoms with van der Waals surface area (Å²) in [7, 11) is 0. The van der Waals surface area contributed by atoms with Crippen LogP contribution >= 0.6 is 0 Å². The number of benzene rings is 1. The first-order valence-electron chi connectivity index (χ1n) is 3.71. The molecule has 0 unspecified atom stereocenters. The van der Waals surface area contributed by atoms with Crippen molar-refractivity contribution in [1.82, 2.24) is 0 Å². The minimum atomic E-state index is -1.16. The first-order valence-corrected chi connectivity index (χ1v) is 3.71. The molecule has 0 radical (unpaired) electrons. The number of para-hydroxylation sites is 1. The second kappa shape index (κ2) is 5.18. The monoisotopic (exact) mass is 189 g/mol. The smallest absolute Gasteiger partial charge is 0.258 e. The van der Waals surface area contributed by atoms with E-state index in [1.807, 2.05) is 13.8 Å². The highest BCUT2D eigenvalue weighted by molar-refractivity contribution is 5.32. The van der Waals surface area contributed by atoms with Gasteiger partial charge in [0, 0.05) is 0 Å². The minimum absolute atomic E-state index is 0.835. The van der Waals surface area contributed by atoms with E-state index in [-0.39, 0.29) is 0 Å². The van der Waals surface area contributed by atoms with Gasteiger partial charge in [0.05, 0.1) is 4.92 Å². The van der Waals surface area contributed by atoms with Crippen LogP contribution in [-0.2, 0) is 0 Å². The molecule has 1 aromatic rings. The van der Waals surface area contributed by atoms with Gasteiger partial charge >= 0.3 is 5.69 Å². The summed E-state index contributed by atoms with van der Waals surface area (Å²) in [6, 6.07) is 2.74. The third kappa shape index (κ3) is 2.77. The molecule has 0 heterocycles. The number of hydrogen-bond acceptors (Lipinski definition) is 2. The zero-order valence-corrected chi connectivity index (χ0v) is 7.25. The van der Waals surface area contributed by atoms with Crippen LogP contribution < -0.4 is 0 Å². The Bertz CT molecular complexity index is 282. The van der Waals surface area contributed by atoms with E-state index in [1.165, 1.54) is 0 Å². The molecule has 1 rings (SSSR count). The number of nitro benzene ring substituents is 1. The SMILES string of the molecule is CC.O=[N+]([O-])c1c(F)cccc1F. The standard InChI is InChI=1S/C6H3F2NO2.C2H6/c7-4-2-1-3-5(8)6(4)9(10)11;1-2/h1-3H;1-2H3. The molecular formula is C8H9F2NO2. The van der Waals surface area contributed by atoms with E-state index in [0.29, 0.717) is 0 Å². The van der Waals surface area contributed by atoms with Crippen molar-refractivity contribution in [3.05, 3.63) is 39.9 Å². The van der Waals surface area contributed by atoms with Gasteiger partial charge in [-0.2, -0.15) is 8.78 Å². The Morgan fingerprint density at radius 3 is 1.85 bits per heavy atom. The Hall–Kier alpha value is -1.52. The average Bonchev–Trinajstić information content (AvgIpc) is 2.07. The molecule has 5 heteroatoms. The van der Waals surface area contributed by atoms with Crippen LogP contribution in [0.2, 0.25) is 0 Å². The van der Waals surface area contributed by atoms with E-state index < -0.39 is 22.2 Å². The van der Waals surface area contributed by atoms with Crippen molar-refractivity contribution >= 4 is 5.69 Å². The van der Waals surface area contributed by atoms with Crippen LogP contribution in [0.4, 0.5) is 14.5 Å². The van der Waals surface area contributed by atoms with Crippen molar-refractivity contribution < 1.29 is 13.7 Å². The lowest BCUT2D eigenvalue weighted by Crippen LogP contribution is -1.95. The molecule has 72 valence electrons. The average molecular weight is 189 g/mol. The first-order chi connectivity index (χ1) is 6.13. The maximum atomic E-state index is 12.4. The lowest BCUT2D eigenvalue weighted by Gasteiger charge is -1.92. The molecule has 13 heavy (non-hydrogen) atoms. The fourth-order valence-corrected chi connectivity index (χ4v) is 0.663. The second-order valence-electron chi connectivity index (χ2n) is 1.83. The molecule has 0 aliphatic heterocycles. The molecule has 0 atom stereocenters. The number of nitrogens with zero attached hydrogens (tertiary/aromatic N) is 1. The Morgan fingerprint density at radius 1 is 1.23 bits per heavy atom. The summed E-state index contributed by atoms with van der Waals surface area (Å²) in [5.41, 5.74) is -1.10. The molecule has 0 spiro atoms. The van der Waals surface area contributed by atoms with Gasteiger partial charge in [-0.25, -0.2) is 0 Å². The predicted molar refractivity (Wildman–Crippen MR) is 44.4 cm³/mol. The molecule has 0 aliphatic rings. The molecule has 0 saturated carbocycles. The van der Waals surface area contributed by atoms with E-state index in [2.05, 4.69) is 0 Å².